The van der Waals surface area contributed by atoms with Crippen molar-refractivity contribution in [3.8, 4) is 34.1 Å². The molecule has 1 heterocycles. The molecule has 2 N–H and O–H groups in total. The second kappa shape index (κ2) is 16.8. The van der Waals surface area contributed by atoms with E-state index < -0.39 is 39.8 Å². The summed E-state index contributed by atoms with van der Waals surface area (Å²) in [5, 5.41) is 13.2. The number of aromatic nitrogens is 2. The lowest BCUT2D eigenvalue weighted by Crippen LogP contribution is -2.44. The fourth-order valence-corrected chi connectivity index (χ4v) is 8.74. The molecule has 0 spiro atoms. The molecule has 0 aliphatic heterocycles. The summed E-state index contributed by atoms with van der Waals surface area (Å²) in [6, 6.07) is 41.5. The molecule has 7 nitrogen and oxygen atoms in total. The van der Waals surface area contributed by atoms with Gasteiger partial charge in [-0.05, 0) is 63.2 Å². The second-order valence-electron chi connectivity index (χ2n) is 17.1. The number of fused-ring (bicyclic) bond motifs is 3. The molecule has 1 aliphatic carbocycles. The minimum absolute atomic E-state index is 0.00500. The van der Waals surface area contributed by atoms with Gasteiger partial charge in [0.2, 0.25) is 0 Å². The summed E-state index contributed by atoms with van der Waals surface area (Å²) in [6.07, 6.45) is 2.54. The summed E-state index contributed by atoms with van der Waals surface area (Å²) < 4.78 is 7.98. The summed E-state index contributed by atoms with van der Waals surface area (Å²) in [5.74, 6) is 5.29. The molecule has 7 rings (SSSR count). The molecule has 0 saturated heterocycles. The van der Waals surface area contributed by atoms with Gasteiger partial charge in [-0.1, -0.05) is 154 Å². The second-order valence-corrected chi connectivity index (χ2v) is 26.6. The molecule has 1 aliphatic rings. The number of ether oxygens (including phenoxy) is 1. The quantitative estimate of drug-likeness (QED) is 0.0817. The maximum atomic E-state index is 13.7. The number of amides is 1. The van der Waals surface area contributed by atoms with Gasteiger partial charge >= 0.3 is 12.1 Å². The number of rotatable bonds is 10. The van der Waals surface area contributed by atoms with Crippen molar-refractivity contribution in [2.45, 2.75) is 63.2 Å². The summed E-state index contributed by atoms with van der Waals surface area (Å²) >= 11 is 0. The Morgan fingerprint density at radius 2 is 1.19 bits per heavy atom. The van der Waals surface area contributed by atoms with Crippen LogP contribution < -0.4 is 5.32 Å². The van der Waals surface area contributed by atoms with Crippen LogP contribution in [0.4, 0.5) is 4.79 Å². The summed E-state index contributed by atoms with van der Waals surface area (Å²) in [4.78, 5) is 31.2. The molecule has 59 heavy (non-hydrogen) atoms. The molecule has 0 fully saturated rings. The Hall–Kier alpha value is -6.40. The number of alkyl carbamates (subject to hydrolysis) is 1. The number of carbonyl (C=O) groups excluding carboxylic acids is 1. The van der Waals surface area contributed by atoms with Gasteiger partial charge in [-0.25, -0.2) is 14.6 Å². The van der Waals surface area contributed by atoms with E-state index in [2.05, 4.69) is 145 Å². The Labute approximate surface area is 349 Å². The first kappa shape index (κ1) is 40.8. The molecule has 1 amide bonds. The van der Waals surface area contributed by atoms with E-state index in [9.17, 15) is 14.7 Å². The van der Waals surface area contributed by atoms with Gasteiger partial charge in [-0.2, -0.15) is 0 Å². The number of carbonyl (C=O) groups is 2. The third-order valence-corrected chi connectivity index (χ3v) is 12.1. The van der Waals surface area contributed by atoms with Gasteiger partial charge in [0.05, 0.1) is 6.33 Å². The number of benzene rings is 5. The summed E-state index contributed by atoms with van der Waals surface area (Å²) in [7, 11) is -3.26. The van der Waals surface area contributed by atoms with E-state index >= 15 is 0 Å². The summed E-state index contributed by atoms with van der Waals surface area (Å²) in [6.45, 7) is 13.3. The molecule has 296 valence electrons. The normalized spacial score (nSPS) is 12.8. The third kappa shape index (κ3) is 9.03. The molecule has 1 aromatic heterocycles. The highest BCUT2D eigenvalue weighted by atomic mass is 28.3. The van der Waals surface area contributed by atoms with E-state index in [1.165, 1.54) is 0 Å². The van der Waals surface area contributed by atoms with Gasteiger partial charge in [0, 0.05) is 35.4 Å². The third-order valence-electron chi connectivity index (χ3n) is 10.3. The van der Waals surface area contributed by atoms with Gasteiger partial charge in [-0.15, -0.1) is 11.1 Å². The van der Waals surface area contributed by atoms with Crippen molar-refractivity contribution in [2.75, 3.05) is 6.61 Å². The molecule has 0 saturated carbocycles. The van der Waals surface area contributed by atoms with Crippen molar-refractivity contribution in [1.29, 1.82) is 0 Å². The molecular weight excluding hydrogens is 763 g/mol. The fourth-order valence-electron chi connectivity index (χ4n) is 7.70. The predicted octanol–water partition coefficient (Wildman–Crippen LogP) is 9.72. The van der Waals surface area contributed by atoms with Crippen molar-refractivity contribution in [2.24, 2.45) is 0 Å². The number of hydrogen-bond donors (Lipinski definition) is 2. The number of nitrogens with one attached hydrogen (secondary N) is 1. The summed E-state index contributed by atoms with van der Waals surface area (Å²) in [5.41, 5.74) is 15.5. The lowest BCUT2D eigenvalue weighted by Gasteiger charge is -2.39. The van der Waals surface area contributed by atoms with E-state index in [0.717, 1.165) is 50.1 Å². The Bertz CT molecular complexity index is 2430. The number of carboxylic acids is 1. The minimum Gasteiger partial charge on any atom is -0.480 e. The zero-order valence-electron chi connectivity index (χ0n) is 34.4. The van der Waals surface area contributed by atoms with Crippen molar-refractivity contribution in [3.63, 3.8) is 0 Å². The average Bonchev–Trinajstić information content (AvgIpc) is 3.81. The van der Waals surface area contributed by atoms with Crippen LogP contribution in [0.25, 0.3) is 11.1 Å². The van der Waals surface area contributed by atoms with Crippen molar-refractivity contribution >= 4 is 28.2 Å². The molecule has 0 bridgehead atoms. The first-order valence-corrected chi connectivity index (χ1v) is 26.9. The van der Waals surface area contributed by atoms with Crippen LogP contribution in [-0.2, 0) is 21.5 Å². The molecule has 0 radical (unpaired) electrons. The standard InChI is InChI=1S/C50H49N3O4Si2/c1-58(2,3)28-26-36-22-24-42-43-25-23-37(27-29-59(4,5)6)31-45(43)46(44(42)30-36)34-57-49(56)52-47(48(54)55)32-41-33-51-35-53(41)50(38-16-10-7-11-17-38,39-18-12-8-13-19-39)40-20-14-9-15-21-40/h7-25,30-31,33,35,46-47H,32,34H2,1-6H3,(H,52,56)(H,54,55)/t47-/m0/s1. The van der Waals surface area contributed by atoms with Gasteiger partial charge in [-0.3, -0.25) is 0 Å². The SMILES string of the molecule is C[Si](C)(C)C#Cc1ccc2c(c1)C(COC(=O)N[C@@H](Cc1cncn1C(c1ccccc1)(c1ccccc1)c1ccccc1)C(=O)O)c1cc(C#C[Si](C)(C)C)ccc1-2. The Balaban J connectivity index is 1.19. The highest BCUT2D eigenvalue weighted by molar-refractivity contribution is 6.84. The van der Waals surface area contributed by atoms with Crippen LogP contribution in [-0.4, -0.2) is 55.5 Å². The number of hydrogen-bond acceptors (Lipinski definition) is 4. The number of carboxylic acid groups (broad SMARTS) is 1. The Morgan fingerprint density at radius 1 is 0.729 bits per heavy atom. The molecule has 6 aromatic rings. The van der Waals surface area contributed by atoms with Crippen LogP contribution in [0.1, 0.15) is 50.6 Å². The number of aliphatic carboxylic acids is 1. The van der Waals surface area contributed by atoms with Crippen LogP contribution in [0.5, 0.6) is 0 Å². The minimum atomic E-state index is -1.63. The monoisotopic (exact) mass is 811 g/mol. The van der Waals surface area contributed by atoms with Gasteiger partial charge in [0.15, 0.2) is 0 Å². The molecule has 9 heteroatoms. The van der Waals surface area contributed by atoms with Crippen LogP contribution in [0.15, 0.2) is 140 Å². The van der Waals surface area contributed by atoms with Crippen molar-refractivity contribution < 1.29 is 19.4 Å². The van der Waals surface area contributed by atoms with Gasteiger partial charge in [0.1, 0.15) is 34.3 Å². The Morgan fingerprint density at radius 3 is 1.61 bits per heavy atom. The first-order chi connectivity index (χ1) is 28.2. The van der Waals surface area contributed by atoms with E-state index in [-0.39, 0.29) is 18.9 Å². The van der Waals surface area contributed by atoms with Gasteiger partial charge in [0.25, 0.3) is 0 Å². The largest absolute Gasteiger partial charge is 0.480 e. The van der Waals surface area contributed by atoms with E-state index in [1.54, 1.807) is 12.5 Å². The average molecular weight is 812 g/mol. The Kier molecular flexibility index (Phi) is 11.6. The van der Waals surface area contributed by atoms with Crippen LogP contribution in [0.3, 0.4) is 0 Å². The topological polar surface area (TPSA) is 93.5 Å². The lowest BCUT2D eigenvalue weighted by molar-refractivity contribution is -0.139. The molecule has 5 aromatic carbocycles. The van der Waals surface area contributed by atoms with Crippen LogP contribution in [0.2, 0.25) is 39.3 Å². The van der Waals surface area contributed by atoms with Crippen LogP contribution in [0, 0.1) is 22.9 Å². The highest BCUT2D eigenvalue weighted by Gasteiger charge is 2.40. The maximum Gasteiger partial charge on any atom is 0.407 e. The van der Waals surface area contributed by atoms with Crippen molar-refractivity contribution in [3.05, 3.63) is 185 Å². The molecular formula is C50H49N3O4Si2. The van der Waals surface area contributed by atoms with Gasteiger partial charge < -0.3 is 19.7 Å². The van der Waals surface area contributed by atoms with Crippen molar-refractivity contribution in [1.82, 2.24) is 14.9 Å². The zero-order chi connectivity index (χ0) is 41.8. The predicted molar refractivity (Wildman–Crippen MR) is 241 cm³/mol. The van der Waals surface area contributed by atoms with Crippen LogP contribution >= 0.6 is 0 Å². The smallest absolute Gasteiger partial charge is 0.407 e. The maximum absolute atomic E-state index is 13.7. The number of imidazole rings is 1. The first-order valence-electron chi connectivity index (χ1n) is 19.9. The highest BCUT2D eigenvalue weighted by Crippen LogP contribution is 2.46. The van der Waals surface area contributed by atoms with E-state index in [4.69, 9.17) is 4.74 Å². The molecule has 1 atom stereocenters. The lowest BCUT2D eigenvalue weighted by atomic mass is 9.76. The molecule has 0 unspecified atom stereocenters. The van der Waals surface area contributed by atoms with E-state index in [0.29, 0.717) is 5.69 Å². The number of nitrogens with zero attached hydrogens (tertiary/aromatic N) is 2. The fraction of sp³-hybridized carbons (Fsp3) is 0.220. The van der Waals surface area contributed by atoms with E-state index in [1.807, 2.05) is 59.2 Å². The zero-order valence-corrected chi connectivity index (χ0v) is 36.4.